The Hall–Kier alpha value is -0.870. The highest BCUT2D eigenvalue weighted by Gasteiger charge is 2.20. The number of rotatable bonds is 4. The number of carbonyl (C=O) groups is 1. The van der Waals surface area contributed by atoms with Crippen molar-refractivity contribution >= 4 is 17.2 Å². The quantitative estimate of drug-likeness (QED) is 0.806. The SMILES string of the molecule is O=C1NCCCC1NCCc1ccsc1. The molecule has 1 atom stereocenters. The van der Waals surface area contributed by atoms with E-state index in [-0.39, 0.29) is 11.9 Å². The molecular weight excluding hydrogens is 208 g/mol. The Morgan fingerprint density at radius 2 is 2.53 bits per heavy atom. The largest absolute Gasteiger partial charge is 0.355 e. The summed E-state index contributed by atoms with van der Waals surface area (Å²) in [5, 5.41) is 10.4. The Kier molecular flexibility index (Phi) is 3.75. The van der Waals surface area contributed by atoms with Crippen molar-refractivity contribution in [2.45, 2.75) is 25.3 Å². The zero-order valence-electron chi connectivity index (χ0n) is 8.66. The molecule has 1 aliphatic heterocycles. The summed E-state index contributed by atoms with van der Waals surface area (Å²) in [5.74, 6) is 0.159. The molecule has 4 heteroatoms. The van der Waals surface area contributed by atoms with Crippen LogP contribution in [0.3, 0.4) is 0 Å². The highest BCUT2D eigenvalue weighted by molar-refractivity contribution is 7.07. The van der Waals surface area contributed by atoms with Crippen molar-refractivity contribution in [3.05, 3.63) is 22.4 Å². The smallest absolute Gasteiger partial charge is 0.237 e. The van der Waals surface area contributed by atoms with Crippen molar-refractivity contribution < 1.29 is 4.79 Å². The highest BCUT2D eigenvalue weighted by Crippen LogP contribution is 2.07. The lowest BCUT2D eigenvalue weighted by Crippen LogP contribution is -2.48. The molecular formula is C11H16N2OS. The molecule has 1 saturated heterocycles. The van der Waals surface area contributed by atoms with E-state index in [1.165, 1.54) is 5.56 Å². The lowest BCUT2D eigenvalue weighted by molar-refractivity contribution is -0.124. The van der Waals surface area contributed by atoms with Gasteiger partial charge in [0.15, 0.2) is 0 Å². The fraction of sp³-hybridized carbons (Fsp3) is 0.545. The molecule has 82 valence electrons. The number of hydrogen-bond donors (Lipinski definition) is 2. The van der Waals surface area contributed by atoms with Crippen molar-refractivity contribution in [1.29, 1.82) is 0 Å². The maximum atomic E-state index is 11.4. The molecule has 2 N–H and O–H groups in total. The second kappa shape index (κ2) is 5.28. The third-order valence-electron chi connectivity index (χ3n) is 2.67. The van der Waals surface area contributed by atoms with Gasteiger partial charge in [-0.1, -0.05) is 0 Å². The predicted molar refractivity (Wildman–Crippen MR) is 62.1 cm³/mol. The Morgan fingerprint density at radius 1 is 1.60 bits per heavy atom. The number of amides is 1. The second-order valence-electron chi connectivity index (χ2n) is 3.82. The summed E-state index contributed by atoms with van der Waals surface area (Å²) in [6, 6.07) is 2.16. The molecule has 1 fully saturated rings. The molecule has 0 aromatic carbocycles. The number of piperidine rings is 1. The number of hydrogen-bond acceptors (Lipinski definition) is 3. The summed E-state index contributed by atoms with van der Waals surface area (Å²) >= 11 is 1.72. The van der Waals surface area contributed by atoms with Crippen LogP contribution in [0.15, 0.2) is 16.8 Å². The average molecular weight is 224 g/mol. The summed E-state index contributed by atoms with van der Waals surface area (Å²) in [5.41, 5.74) is 1.35. The van der Waals surface area contributed by atoms with Gasteiger partial charge in [0.2, 0.25) is 5.91 Å². The van der Waals surface area contributed by atoms with E-state index in [9.17, 15) is 4.79 Å². The van der Waals surface area contributed by atoms with E-state index in [0.29, 0.717) is 0 Å². The van der Waals surface area contributed by atoms with E-state index in [1.54, 1.807) is 11.3 Å². The van der Waals surface area contributed by atoms with Crippen LogP contribution in [0.5, 0.6) is 0 Å². The van der Waals surface area contributed by atoms with E-state index >= 15 is 0 Å². The molecule has 15 heavy (non-hydrogen) atoms. The molecule has 1 unspecified atom stereocenters. The Morgan fingerprint density at radius 3 is 3.27 bits per heavy atom. The molecule has 1 aliphatic rings. The Labute approximate surface area is 93.9 Å². The van der Waals surface area contributed by atoms with Crippen molar-refractivity contribution in [2.24, 2.45) is 0 Å². The standard InChI is InChI=1S/C11H16N2OS/c14-11-10(2-1-5-13-11)12-6-3-9-4-7-15-8-9/h4,7-8,10,12H,1-3,5-6H2,(H,13,14). The van der Waals surface area contributed by atoms with Crippen LogP contribution in [-0.2, 0) is 11.2 Å². The van der Waals surface area contributed by atoms with Gasteiger partial charge in [-0.2, -0.15) is 11.3 Å². The van der Waals surface area contributed by atoms with Gasteiger partial charge >= 0.3 is 0 Å². The van der Waals surface area contributed by atoms with E-state index in [4.69, 9.17) is 0 Å². The van der Waals surface area contributed by atoms with Crippen LogP contribution in [0.1, 0.15) is 18.4 Å². The first kappa shape index (κ1) is 10.6. The van der Waals surface area contributed by atoms with Gasteiger partial charge in [-0.3, -0.25) is 4.79 Å². The first-order valence-corrected chi connectivity index (χ1v) is 6.33. The molecule has 1 aromatic heterocycles. The molecule has 2 rings (SSSR count). The Bertz CT molecular complexity index is 310. The highest BCUT2D eigenvalue weighted by atomic mass is 32.1. The van der Waals surface area contributed by atoms with E-state index < -0.39 is 0 Å². The fourth-order valence-corrected chi connectivity index (χ4v) is 2.50. The first-order valence-electron chi connectivity index (χ1n) is 5.38. The Balaban J connectivity index is 1.71. The number of thiophene rings is 1. The van der Waals surface area contributed by atoms with Crippen molar-refractivity contribution in [3.63, 3.8) is 0 Å². The molecule has 0 bridgehead atoms. The monoisotopic (exact) mass is 224 g/mol. The van der Waals surface area contributed by atoms with Crippen LogP contribution in [0.25, 0.3) is 0 Å². The fourth-order valence-electron chi connectivity index (χ4n) is 1.79. The molecule has 1 aromatic rings. The van der Waals surface area contributed by atoms with Gasteiger partial charge in [-0.25, -0.2) is 0 Å². The summed E-state index contributed by atoms with van der Waals surface area (Å²) in [7, 11) is 0. The second-order valence-corrected chi connectivity index (χ2v) is 4.60. The molecule has 2 heterocycles. The molecule has 0 aliphatic carbocycles. The summed E-state index contributed by atoms with van der Waals surface area (Å²) in [4.78, 5) is 11.4. The topological polar surface area (TPSA) is 41.1 Å². The molecule has 0 spiro atoms. The van der Waals surface area contributed by atoms with Crippen LogP contribution in [0, 0.1) is 0 Å². The van der Waals surface area contributed by atoms with E-state index in [0.717, 1.165) is 32.4 Å². The van der Waals surface area contributed by atoms with Crippen LogP contribution in [0.2, 0.25) is 0 Å². The molecule has 3 nitrogen and oxygen atoms in total. The molecule has 0 radical (unpaired) electrons. The van der Waals surface area contributed by atoms with Crippen LogP contribution in [0.4, 0.5) is 0 Å². The lowest BCUT2D eigenvalue weighted by atomic mass is 10.1. The summed E-state index contributed by atoms with van der Waals surface area (Å²) < 4.78 is 0. The minimum atomic E-state index is 0.0254. The van der Waals surface area contributed by atoms with Gasteiger partial charge in [0.25, 0.3) is 0 Å². The minimum Gasteiger partial charge on any atom is -0.355 e. The van der Waals surface area contributed by atoms with Gasteiger partial charge in [-0.05, 0) is 48.2 Å². The van der Waals surface area contributed by atoms with Gasteiger partial charge in [0.1, 0.15) is 0 Å². The maximum absolute atomic E-state index is 11.4. The zero-order valence-corrected chi connectivity index (χ0v) is 9.48. The summed E-state index contributed by atoms with van der Waals surface area (Å²) in [6.07, 6.45) is 3.06. The van der Waals surface area contributed by atoms with Crippen LogP contribution in [-0.4, -0.2) is 25.0 Å². The van der Waals surface area contributed by atoms with E-state index in [1.807, 2.05) is 0 Å². The molecule has 1 amide bonds. The van der Waals surface area contributed by atoms with Crippen molar-refractivity contribution in [2.75, 3.05) is 13.1 Å². The van der Waals surface area contributed by atoms with Gasteiger partial charge in [0.05, 0.1) is 6.04 Å². The van der Waals surface area contributed by atoms with Crippen molar-refractivity contribution in [1.82, 2.24) is 10.6 Å². The lowest BCUT2D eigenvalue weighted by Gasteiger charge is -2.22. The van der Waals surface area contributed by atoms with Crippen LogP contribution >= 0.6 is 11.3 Å². The number of nitrogens with one attached hydrogen (secondary N) is 2. The predicted octanol–water partition coefficient (Wildman–Crippen LogP) is 1.16. The third kappa shape index (κ3) is 3.04. The summed E-state index contributed by atoms with van der Waals surface area (Å²) in [6.45, 7) is 1.72. The normalized spacial score (nSPS) is 21.3. The van der Waals surface area contributed by atoms with Gasteiger partial charge in [0, 0.05) is 6.54 Å². The number of carbonyl (C=O) groups excluding carboxylic acids is 1. The van der Waals surface area contributed by atoms with Crippen molar-refractivity contribution in [3.8, 4) is 0 Å². The molecule has 0 saturated carbocycles. The zero-order chi connectivity index (χ0) is 10.5. The van der Waals surface area contributed by atoms with Crippen LogP contribution < -0.4 is 10.6 Å². The van der Waals surface area contributed by atoms with Gasteiger partial charge < -0.3 is 10.6 Å². The minimum absolute atomic E-state index is 0.0254. The first-order chi connectivity index (χ1) is 7.36. The van der Waals surface area contributed by atoms with Gasteiger partial charge in [-0.15, -0.1) is 0 Å². The maximum Gasteiger partial charge on any atom is 0.237 e. The third-order valence-corrected chi connectivity index (χ3v) is 3.40. The average Bonchev–Trinajstić information content (AvgIpc) is 2.74. The van der Waals surface area contributed by atoms with E-state index in [2.05, 4.69) is 27.5 Å².